The van der Waals surface area contributed by atoms with Gasteiger partial charge in [0.1, 0.15) is 25.1 Å². The number of pyridine rings is 1. The minimum atomic E-state index is -2.25. The van der Waals surface area contributed by atoms with E-state index in [9.17, 15) is 4.79 Å². The zero-order valence-corrected chi connectivity index (χ0v) is 24.9. The Hall–Kier alpha value is -2.92. The fourth-order valence-electron chi connectivity index (χ4n) is 4.38. The van der Waals surface area contributed by atoms with Gasteiger partial charge in [-0.25, -0.2) is 13.8 Å². The second kappa shape index (κ2) is 13.4. The van der Waals surface area contributed by atoms with Crippen molar-refractivity contribution in [2.75, 3.05) is 21.2 Å². The first-order chi connectivity index (χ1) is 19.9. The number of fused-ring (bicyclic) bond motifs is 1. The third-order valence-corrected chi connectivity index (χ3v) is 6.94. The highest BCUT2D eigenvalue weighted by molar-refractivity contribution is 6.56. The van der Waals surface area contributed by atoms with Gasteiger partial charge in [-0.15, -0.1) is 0 Å². The SMILES string of the molecule is CC.COC=O.[B]C1([B])OC([B])(Cc2c(-c3c(F)cc(C(=O)NC)cc3F)nc3cc(C)ccn23)C([B])([B])N(C)C1([B])[B]. The lowest BCUT2D eigenvalue weighted by molar-refractivity contribution is -0.140. The van der Waals surface area contributed by atoms with Crippen LogP contribution in [0.3, 0.4) is 0 Å². The van der Waals surface area contributed by atoms with E-state index < -0.39 is 51.1 Å². The summed E-state index contributed by atoms with van der Waals surface area (Å²) in [6.07, 6.45) is 1.23. The average Bonchev–Trinajstić information content (AvgIpc) is 3.27. The van der Waals surface area contributed by atoms with Crippen LogP contribution in [0.15, 0.2) is 30.5 Å². The molecule has 4 rings (SSSR count). The van der Waals surface area contributed by atoms with E-state index in [4.69, 9.17) is 64.5 Å². The molecule has 3 heterocycles. The number of imidazole rings is 1. The van der Waals surface area contributed by atoms with Crippen LogP contribution in [-0.4, -0.2) is 124 Å². The monoisotopic (exact) mass is 574 g/mol. The van der Waals surface area contributed by atoms with Crippen LogP contribution < -0.4 is 5.32 Å². The molecule has 0 bridgehead atoms. The zero-order valence-electron chi connectivity index (χ0n) is 24.9. The van der Waals surface area contributed by atoms with Crippen molar-refractivity contribution >= 4 is 73.0 Å². The summed E-state index contributed by atoms with van der Waals surface area (Å²) in [6, 6.07) is 5.24. The Labute approximate surface area is 260 Å². The summed E-state index contributed by atoms with van der Waals surface area (Å²) in [5.41, 5.74) is -1.62. The minimum absolute atomic E-state index is 0.132. The van der Waals surface area contributed by atoms with Crippen molar-refractivity contribution < 1.29 is 27.8 Å². The van der Waals surface area contributed by atoms with Crippen LogP contribution in [0.1, 0.15) is 35.5 Å². The molecular weight excluding hydrogens is 546 g/mol. The third-order valence-electron chi connectivity index (χ3n) is 6.94. The molecule has 3 aromatic rings. The number of halogens is 2. The van der Waals surface area contributed by atoms with E-state index in [-0.39, 0.29) is 17.0 Å². The normalized spacial score (nSPS) is 20.1. The van der Waals surface area contributed by atoms with Gasteiger partial charge in [0.05, 0.1) is 71.1 Å². The maximum Gasteiger partial charge on any atom is 0.292 e. The molecule has 1 N–H and O–H groups in total. The van der Waals surface area contributed by atoms with Gasteiger partial charge in [0.15, 0.2) is 0 Å². The zero-order chi connectivity index (χ0) is 33.1. The van der Waals surface area contributed by atoms with Crippen LogP contribution in [0.4, 0.5) is 8.78 Å². The molecule has 1 aliphatic heterocycles. The van der Waals surface area contributed by atoms with Crippen molar-refractivity contribution in [3.05, 3.63) is 58.9 Å². The van der Waals surface area contributed by atoms with Gasteiger partial charge in [0, 0.05) is 30.7 Å². The molecule has 8 nitrogen and oxygen atoms in total. The van der Waals surface area contributed by atoms with Gasteiger partial charge < -0.3 is 24.1 Å². The number of carbonyl (C=O) groups excluding carboxylic acids is 2. The number of benzene rings is 1. The van der Waals surface area contributed by atoms with E-state index in [1.807, 2.05) is 20.8 Å². The summed E-state index contributed by atoms with van der Waals surface area (Å²) in [6.45, 7) is 6.20. The summed E-state index contributed by atoms with van der Waals surface area (Å²) in [4.78, 5) is 26.4. The highest BCUT2D eigenvalue weighted by atomic mass is 19.1. The van der Waals surface area contributed by atoms with Crippen molar-refractivity contribution in [3.63, 3.8) is 0 Å². The van der Waals surface area contributed by atoms with Crippen molar-refractivity contribution in [2.24, 2.45) is 0 Å². The van der Waals surface area contributed by atoms with Crippen molar-refractivity contribution in [1.29, 1.82) is 0 Å². The molecule has 17 heteroatoms. The van der Waals surface area contributed by atoms with Crippen LogP contribution in [0.2, 0.25) is 0 Å². The number of nitrogens with one attached hydrogen (secondary N) is 1. The number of hydrogen-bond acceptors (Lipinski definition) is 6. The molecule has 210 valence electrons. The van der Waals surface area contributed by atoms with E-state index >= 15 is 8.78 Å². The Morgan fingerprint density at radius 2 is 1.60 bits per heavy atom. The van der Waals surface area contributed by atoms with Crippen LogP contribution in [0, 0.1) is 18.6 Å². The number of likely N-dealkylation sites (N-methyl/N-ethyl adjacent to an activating group) is 1. The molecule has 0 aliphatic carbocycles. The second-order valence-electron chi connectivity index (χ2n) is 9.74. The van der Waals surface area contributed by atoms with Gasteiger partial charge in [-0.05, 0) is 59.9 Å². The number of morpholine rings is 1. The van der Waals surface area contributed by atoms with Gasteiger partial charge in [-0.1, -0.05) is 13.8 Å². The van der Waals surface area contributed by atoms with Gasteiger partial charge in [-0.3, -0.25) is 9.59 Å². The molecule has 0 saturated carbocycles. The number of carbonyl (C=O) groups is 2. The molecule has 43 heavy (non-hydrogen) atoms. The average molecular weight is 573 g/mol. The Kier molecular flexibility index (Phi) is 11.3. The maximum atomic E-state index is 15.3. The number of amides is 1. The third kappa shape index (κ3) is 6.62. The van der Waals surface area contributed by atoms with Crippen molar-refractivity contribution in [1.82, 2.24) is 19.6 Å². The van der Waals surface area contributed by atoms with Gasteiger partial charge >= 0.3 is 0 Å². The van der Waals surface area contributed by atoms with Crippen LogP contribution in [0.5, 0.6) is 0 Å². The number of rotatable bonds is 5. The van der Waals surface area contributed by atoms with E-state index in [2.05, 4.69) is 15.0 Å². The van der Waals surface area contributed by atoms with E-state index in [0.717, 1.165) is 22.6 Å². The van der Waals surface area contributed by atoms with E-state index in [1.54, 1.807) is 22.7 Å². The van der Waals surface area contributed by atoms with Crippen LogP contribution in [0.25, 0.3) is 16.9 Å². The molecule has 1 atom stereocenters. The van der Waals surface area contributed by atoms with Crippen LogP contribution >= 0.6 is 0 Å². The number of aromatic nitrogens is 2. The summed E-state index contributed by atoms with van der Waals surface area (Å²) in [5, 5.41) is -4.06. The summed E-state index contributed by atoms with van der Waals surface area (Å²) >= 11 is 0. The highest BCUT2D eigenvalue weighted by Gasteiger charge is 2.57. The molecule has 1 saturated heterocycles. The number of hydrogen-bond donors (Lipinski definition) is 1. The lowest BCUT2D eigenvalue weighted by atomic mass is 9.33. The predicted octanol–water partition coefficient (Wildman–Crippen LogP) is 0.105. The molecule has 1 unspecified atom stereocenters. The van der Waals surface area contributed by atoms with Gasteiger partial charge in [0.25, 0.3) is 12.4 Å². The molecule has 1 fully saturated rings. The summed E-state index contributed by atoms with van der Waals surface area (Å²) in [7, 11) is 47.5. The number of ether oxygens (including phenoxy) is 2. The number of methoxy groups -OCH3 is 1. The summed E-state index contributed by atoms with van der Waals surface area (Å²) in [5.74, 6) is -2.73. The first-order valence-corrected chi connectivity index (χ1v) is 13.0. The molecule has 1 aliphatic rings. The Bertz CT molecular complexity index is 1470. The van der Waals surface area contributed by atoms with Crippen LogP contribution in [-0.2, 0) is 20.7 Å². The smallest absolute Gasteiger partial charge is 0.292 e. The quantitative estimate of drug-likeness (QED) is 0.345. The molecule has 14 radical (unpaired) electrons. The highest BCUT2D eigenvalue weighted by Crippen LogP contribution is 2.43. The van der Waals surface area contributed by atoms with Gasteiger partial charge in [-0.2, -0.15) is 0 Å². The first-order valence-electron chi connectivity index (χ1n) is 13.0. The van der Waals surface area contributed by atoms with E-state index in [0.29, 0.717) is 12.1 Å². The maximum absolute atomic E-state index is 15.3. The molecule has 2 aromatic heterocycles. The fourth-order valence-corrected chi connectivity index (χ4v) is 4.38. The number of aryl methyl sites for hydroxylation is 1. The molecule has 1 aromatic carbocycles. The lowest BCUT2D eigenvalue weighted by Crippen LogP contribution is -2.85. The number of nitrogens with zero attached hydrogens (tertiary/aromatic N) is 3. The Balaban J connectivity index is 0.000000993. The lowest BCUT2D eigenvalue weighted by Gasteiger charge is -2.69. The van der Waals surface area contributed by atoms with Crippen molar-refractivity contribution in [2.45, 2.75) is 48.8 Å². The fraction of sp³-hybridized carbons (Fsp3) is 0.423. The standard InChI is InChI=1S/C22H17B7F2N4O2.C2H4O2.C2H6/c1-10-4-5-35-14(9-19(23)20(24,25)34(3)21(26,27)22(28,29)37-19)17(33-15(35)6-10)16-12(30)7-11(8-13(16)31)18(36)32-2;1-4-2-3;1-2/h4-8H,9H2,1-3H3,(H,32,36);2H,1H3;1-2H3. The predicted molar refractivity (Wildman–Crippen MR) is 167 cm³/mol. The molecule has 0 spiro atoms. The minimum Gasteiger partial charge on any atom is -0.471 e. The first kappa shape index (κ1) is 36.3. The second-order valence-corrected chi connectivity index (χ2v) is 9.74. The largest absolute Gasteiger partial charge is 0.471 e. The van der Waals surface area contributed by atoms with Gasteiger partial charge in [0.2, 0.25) is 0 Å². The Morgan fingerprint density at radius 3 is 2.09 bits per heavy atom. The molecule has 1 amide bonds. The topological polar surface area (TPSA) is 85.2 Å². The summed E-state index contributed by atoms with van der Waals surface area (Å²) < 4.78 is 41.8. The van der Waals surface area contributed by atoms with E-state index in [1.165, 1.54) is 21.2 Å². The molecular formula is C26H27B7F2N4O4. The van der Waals surface area contributed by atoms with Crippen molar-refractivity contribution in [3.8, 4) is 11.3 Å². The Morgan fingerprint density at radius 1 is 1.07 bits per heavy atom.